The van der Waals surface area contributed by atoms with Gasteiger partial charge in [0.1, 0.15) is 11.2 Å². The van der Waals surface area contributed by atoms with Crippen LogP contribution in [-0.2, 0) is 0 Å². The summed E-state index contributed by atoms with van der Waals surface area (Å²) in [6.07, 6.45) is 0. The van der Waals surface area contributed by atoms with Crippen molar-refractivity contribution in [3.63, 3.8) is 0 Å². The minimum absolute atomic E-state index is 0.464. The summed E-state index contributed by atoms with van der Waals surface area (Å²) in [5.41, 5.74) is 2.10. The summed E-state index contributed by atoms with van der Waals surface area (Å²) >= 11 is 0. The fourth-order valence-electron chi connectivity index (χ4n) is 3.20. The molecule has 0 aliphatic heterocycles. The van der Waals surface area contributed by atoms with E-state index in [1.807, 2.05) is 6.07 Å². The van der Waals surface area contributed by atoms with E-state index in [0.717, 1.165) is 24.3 Å². The van der Waals surface area contributed by atoms with Crippen molar-refractivity contribution in [1.29, 1.82) is 0 Å². The Hall–Kier alpha value is -1.76. The summed E-state index contributed by atoms with van der Waals surface area (Å²) in [5.74, 6) is 0. The molecule has 1 atom stereocenters. The first-order valence-electron chi connectivity index (χ1n) is 7.51. The normalized spacial score (nSPS) is 13.0. The van der Waals surface area contributed by atoms with E-state index < -0.39 is 7.68 Å². The van der Waals surface area contributed by atoms with Crippen LogP contribution in [0.2, 0.25) is 0 Å². The standard InChI is InChI=1S/C18H18NOP/c1-3-19(4-2)21-16-12-8-6-10-14(16)17-18(21)13-9-5-7-11-15(13)20-17/h5-12H,3-4H2,1-2H3. The van der Waals surface area contributed by atoms with Gasteiger partial charge in [-0.25, -0.2) is 0 Å². The van der Waals surface area contributed by atoms with Crippen molar-refractivity contribution in [2.24, 2.45) is 0 Å². The van der Waals surface area contributed by atoms with Gasteiger partial charge in [-0.3, -0.25) is 4.67 Å². The Morgan fingerprint density at radius 2 is 1.57 bits per heavy atom. The lowest BCUT2D eigenvalue weighted by Gasteiger charge is -2.19. The third-order valence-electron chi connectivity index (χ3n) is 4.17. The highest BCUT2D eigenvalue weighted by atomic mass is 31.1. The molecule has 0 aliphatic carbocycles. The fraction of sp³-hybridized carbons (Fsp3) is 0.222. The zero-order chi connectivity index (χ0) is 14.4. The zero-order valence-electron chi connectivity index (χ0n) is 12.3. The molecular weight excluding hydrogens is 277 g/mol. The first kappa shape index (κ1) is 12.9. The van der Waals surface area contributed by atoms with Crippen molar-refractivity contribution >= 4 is 39.9 Å². The molecule has 106 valence electrons. The second kappa shape index (κ2) is 4.91. The Morgan fingerprint density at radius 3 is 2.33 bits per heavy atom. The van der Waals surface area contributed by atoms with Gasteiger partial charge in [-0.05, 0) is 19.8 Å². The molecule has 0 amide bonds. The van der Waals surface area contributed by atoms with E-state index in [1.165, 1.54) is 21.0 Å². The average molecular weight is 295 g/mol. The van der Waals surface area contributed by atoms with Crippen molar-refractivity contribution in [2.75, 3.05) is 17.8 Å². The third kappa shape index (κ3) is 1.76. The van der Waals surface area contributed by atoms with Crippen molar-refractivity contribution in [3.8, 4) is 0 Å². The van der Waals surface area contributed by atoms with Crippen molar-refractivity contribution in [1.82, 2.24) is 0 Å². The van der Waals surface area contributed by atoms with Gasteiger partial charge in [-0.15, -0.1) is 0 Å². The maximum atomic E-state index is 6.20. The summed E-state index contributed by atoms with van der Waals surface area (Å²) < 4.78 is 8.77. The minimum Gasteiger partial charge on any atom is -0.455 e. The Labute approximate surface area is 125 Å². The first-order chi connectivity index (χ1) is 10.3. The van der Waals surface area contributed by atoms with Gasteiger partial charge in [-0.1, -0.05) is 50.2 Å². The number of fused-ring (bicyclic) bond motifs is 5. The molecule has 0 aliphatic rings. The fourth-order valence-corrected chi connectivity index (χ4v) is 5.99. The molecule has 0 saturated heterocycles. The quantitative estimate of drug-likeness (QED) is 0.482. The third-order valence-corrected chi connectivity index (χ3v) is 7.02. The van der Waals surface area contributed by atoms with Gasteiger partial charge in [0.2, 0.25) is 0 Å². The summed E-state index contributed by atoms with van der Waals surface area (Å²) in [5, 5.41) is 5.41. The Balaban J connectivity index is 2.24. The zero-order valence-corrected chi connectivity index (χ0v) is 13.2. The molecule has 0 N–H and O–H groups in total. The second-order valence-corrected chi connectivity index (χ2v) is 7.36. The lowest BCUT2D eigenvalue weighted by atomic mass is 10.2. The summed E-state index contributed by atoms with van der Waals surface area (Å²) in [6.45, 7) is 6.62. The van der Waals surface area contributed by atoms with Crippen LogP contribution in [0.15, 0.2) is 52.9 Å². The van der Waals surface area contributed by atoms with Crippen molar-refractivity contribution < 1.29 is 4.42 Å². The van der Waals surface area contributed by atoms with Gasteiger partial charge < -0.3 is 4.42 Å². The lowest BCUT2D eigenvalue weighted by molar-refractivity contribution is 0.673. The van der Waals surface area contributed by atoms with Crippen LogP contribution in [0, 0.1) is 0 Å². The Morgan fingerprint density at radius 1 is 0.905 bits per heavy atom. The van der Waals surface area contributed by atoms with Crippen LogP contribution in [0.3, 0.4) is 0 Å². The van der Waals surface area contributed by atoms with Crippen molar-refractivity contribution in [3.05, 3.63) is 48.5 Å². The first-order valence-corrected chi connectivity index (χ1v) is 8.80. The molecule has 2 nitrogen and oxygen atoms in total. The smallest absolute Gasteiger partial charge is 0.148 e. The van der Waals surface area contributed by atoms with Crippen LogP contribution < -0.4 is 4.67 Å². The highest BCUT2D eigenvalue weighted by molar-refractivity contribution is 7.63. The molecule has 4 aromatic rings. The summed E-state index contributed by atoms with van der Waals surface area (Å²) in [7, 11) is -0.464. The summed E-state index contributed by atoms with van der Waals surface area (Å²) in [4.78, 5) is 0. The molecule has 0 spiro atoms. The van der Waals surface area contributed by atoms with Gasteiger partial charge in [-0.2, -0.15) is 0 Å². The molecule has 2 heterocycles. The summed E-state index contributed by atoms with van der Waals surface area (Å²) in [6, 6.07) is 17.1. The number of para-hydroxylation sites is 1. The van der Waals surface area contributed by atoms with E-state index in [0.29, 0.717) is 0 Å². The maximum absolute atomic E-state index is 6.20. The minimum atomic E-state index is -0.464. The van der Waals surface area contributed by atoms with E-state index in [4.69, 9.17) is 4.42 Å². The molecule has 0 bridgehead atoms. The molecule has 3 heteroatoms. The van der Waals surface area contributed by atoms with E-state index in [-0.39, 0.29) is 0 Å². The molecule has 1 unspecified atom stereocenters. The highest BCUT2D eigenvalue weighted by Gasteiger charge is 2.21. The average Bonchev–Trinajstić information content (AvgIpc) is 3.05. The van der Waals surface area contributed by atoms with E-state index >= 15 is 0 Å². The monoisotopic (exact) mass is 295 g/mol. The topological polar surface area (TPSA) is 16.4 Å². The Bertz CT molecular complexity index is 924. The Kier molecular flexibility index (Phi) is 3.02. The predicted molar refractivity (Wildman–Crippen MR) is 93.2 cm³/mol. The highest BCUT2D eigenvalue weighted by Crippen LogP contribution is 2.53. The number of furan rings is 1. The van der Waals surface area contributed by atoms with Crippen LogP contribution in [-0.4, -0.2) is 13.1 Å². The lowest BCUT2D eigenvalue weighted by Crippen LogP contribution is -2.17. The van der Waals surface area contributed by atoms with Gasteiger partial charge in [0.05, 0.1) is 5.12 Å². The number of rotatable bonds is 3. The molecule has 0 saturated carbocycles. The molecule has 0 radical (unpaired) electrons. The number of hydrogen-bond donors (Lipinski definition) is 0. The van der Waals surface area contributed by atoms with Crippen molar-refractivity contribution in [2.45, 2.75) is 13.8 Å². The van der Waals surface area contributed by atoms with Crippen LogP contribution in [0.4, 0.5) is 0 Å². The molecular formula is C18H18NOP. The maximum Gasteiger partial charge on any atom is 0.148 e. The number of hydrogen-bond acceptors (Lipinski definition) is 2. The van der Waals surface area contributed by atoms with Crippen LogP contribution >= 0.6 is 7.68 Å². The van der Waals surface area contributed by atoms with Crippen LogP contribution in [0.25, 0.3) is 32.2 Å². The SMILES string of the molecule is CCN(CC)p1c2ccccc2c2oc3ccccc3c21. The molecule has 21 heavy (non-hydrogen) atoms. The van der Waals surface area contributed by atoms with E-state index in [9.17, 15) is 0 Å². The van der Waals surface area contributed by atoms with Crippen LogP contribution in [0.5, 0.6) is 0 Å². The van der Waals surface area contributed by atoms with E-state index in [1.54, 1.807) is 0 Å². The van der Waals surface area contributed by atoms with E-state index in [2.05, 4.69) is 61.0 Å². The largest absolute Gasteiger partial charge is 0.455 e. The molecule has 2 aromatic heterocycles. The van der Waals surface area contributed by atoms with Gasteiger partial charge in [0, 0.05) is 29.0 Å². The number of nitrogens with zero attached hydrogens (tertiary/aromatic N) is 1. The molecule has 4 rings (SSSR count). The molecule has 0 fully saturated rings. The van der Waals surface area contributed by atoms with Gasteiger partial charge in [0.25, 0.3) is 0 Å². The van der Waals surface area contributed by atoms with Crippen LogP contribution in [0.1, 0.15) is 13.8 Å². The van der Waals surface area contributed by atoms with Gasteiger partial charge >= 0.3 is 0 Å². The van der Waals surface area contributed by atoms with Gasteiger partial charge in [0.15, 0.2) is 0 Å². The predicted octanol–water partition coefficient (Wildman–Crippen LogP) is 5.70. The molecule has 2 aromatic carbocycles. The second-order valence-electron chi connectivity index (χ2n) is 5.24. The number of benzene rings is 2.